The zero-order valence-electron chi connectivity index (χ0n) is 11.7. The highest BCUT2D eigenvalue weighted by Gasteiger charge is 2.17. The van der Waals surface area contributed by atoms with Gasteiger partial charge in [-0.2, -0.15) is 15.0 Å². The second-order valence-corrected chi connectivity index (χ2v) is 5.60. The normalized spacial score (nSPS) is 14.4. The van der Waals surface area contributed by atoms with Crippen molar-refractivity contribution in [2.24, 2.45) is 0 Å². The number of thiazole rings is 1. The van der Waals surface area contributed by atoms with Gasteiger partial charge in [0.05, 0.1) is 6.54 Å². The van der Waals surface area contributed by atoms with Gasteiger partial charge >= 0.3 is 4.87 Å². The van der Waals surface area contributed by atoms with Gasteiger partial charge in [0.25, 0.3) is 0 Å². The molecule has 1 aliphatic rings. The summed E-state index contributed by atoms with van der Waals surface area (Å²) in [5, 5.41) is 7.86. The molecule has 21 heavy (non-hydrogen) atoms. The second kappa shape index (κ2) is 6.08. The van der Waals surface area contributed by atoms with Crippen LogP contribution in [0.5, 0.6) is 0 Å². The Labute approximate surface area is 125 Å². The van der Waals surface area contributed by atoms with E-state index in [-0.39, 0.29) is 4.87 Å². The molecule has 0 aromatic carbocycles. The van der Waals surface area contributed by atoms with Crippen LogP contribution in [0.2, 0.25) is 0 Å². The number of aromatic amines is 1. The number of hydrogen-bond acceptors (Lipinski definition) is 8. The maximum absolute atomic E-state index is 11.1. The maximum Gasteiger partial charge on any atom is 0.304 e. The molecule has 2 aromatic rings. The summed E-state index contributed by atoms with van der Waals surface area (Å²) in [6.07, 6.45) is 2.33. The van der Waals surface area contributed by atoms with Crippen LogP contribution in [0, 0.1) is 0 Å². The standard InChI is InChI=1S/C12H17N7OS/c1-13-9-16-10(14-6-8-7-21-12(20)15-8)18-11(17-9)19-4-2-3-5-19/h7H,2-6H2,1H3,(H,15,20)(H2,13,14,16,17,18). The fourth-order valence-electron chi connectivity index (χ4n) is 2.19. The molecule has 8 nitrogen and oxygen atoms in total. The molecular weight excluding hydrogens is 290 g/mol. The van der Waals surface area contributed by atoms with Gasteiger partial charge in [0, 0.05) is 31.2 Å². The van der Waals surface area contributed by atoms with E-state index < -0.39 is 0 Å². The predicted molar refractivity (Wildman–Crippen MR) is 83.1 cm³/mol. The van der Waals surface area contributed by atoms with Crippen LogP contribution in [0.3, 0.4) is 0 Å². The van der Waals surface area contributed by atoms with Crippen LogP contribution in [0.1, 0.15) is 18.5 Å². The monoisotopic (exact) mass is 307 g/mol. The van der Waals surface area contributed by atoms with Crippen LogP contribution in [0.15, 0.2) is 10.2 Å². The van der Waals surface area contributed by atoms with Gasteiger partial charge in [0.2, 0.25) is 17.8 Å². The highest BCUT2D eigenvalue weighted by atomic mass is 32.1. The highest BCUT2D eigenvalue weighted by Crippen LogP contribution is 2.18. The molecule has 1 saturated heterocycles. The lowest BCUT2D eigenvalue weighted by atomic mass is 10.4. The molecule has 3 rings (SSSR count). The smallest absolute Gasteiger partial charge is 0.304 e. The zero-order valence-corrected chi connectivity index (χ0v) is 12.5. The topological polar surface area (TPSA) is 98.8 Å². The molecule has 0 atom stereocenters. The van der Waals surface area contributed by atoms with E-state index in [2.05, 4.69) is 35.5 Å². The van der Waals surface area contributed by atoms with Gasteiger partial charge in [-0.1, -0.05) is 11.3 Å². The van der Waals surface area contributed by atoms with Crippen molar-refractivity contribution in [2.75, 3.05) is 35.7 Å². The average Bonchev–Trinajstić information content (AvgIpc) is 3.16. The fourth-order valence-corrected chi connectivity index (χ4v) is 2.77. The molecule has 1 fully saturated rings. The van der Waals surface area contributed by atoms with Crippen LogP contribution in [0.25, 0.3) is 0 Å². The molecule has 0 aliphatic carbocycles. The minimum absolute atomic E-state index is 0.0592. The number of rotatable bonds is 5. The Morgan fingerprint density at radius 3 is 2.71 bits per heavy atom. The summed E-state index contributed by atoms with van der Waals surface area (Å²) in [7, 11) is 1.78. The van der Waals surface area contributed by atoms with Crippen molar-refractivity contribution in [1.29, 1.82) is 0 Å². The third-order valence-electron chi connectivity index (χ3n) is 3.24. The van der Waals surface area contributed by atoms with Gasteiger partial charge in [-0.3, -0.25) is 4.79 Å². The van der Waals surface area contributed by atoms with E-state index in [4.69, 9.17) is 0 Å². The Morgan fingerprint density at radius 2 is 2.05 bits per heavy atom. The van der Waals surface area contributed by atoms with Crippen molar-refractivity contribution in [1.82, 2.24) is 19.9 Å². The van der Waals surface area contributed by atoms with E-state index in [9.17, 15) is 4.79 Å². The van der Waals surface area contributed by atoms with E-state index >= 15 is 0 Å². The SMILES string of the molecule is CNc1nc(NCc2csc(=O)[nH]2)nc(N2CCCC2)n1. The van der Waals surface area contributed by atoms with Gasteiger partial charge < -0.3 is 20.5 Å². The van der Waals surface area contributed by atoms with Gasteiger partial charge in [-0.15, -0.1) is 0 Å². The summed E-state index contributed by atoms with van der Waals surface area (Å²) in [5.41, 5.74) is 0.819. The molecule has 3 N–H and O–H groups in total. The van der Waals surface area contributed by atoms with Crippen LogP contribution in [-0.2, 0) is 6.54 Å². The highest BCUT2D eigenvalue weighted by molar-refractivity contribution is 7.07. The van der Waals surface area contributed by atoms with Crippen molar-refractivity contribution >= 4 is 29.2 Å². The quantitative estimate of drug-likeness (QED) is 0.754. The average molecular weight is 307 g/mol. The molecule has 0 radical (unpaired) electrons. The summed E-state index contributed by atoms with van der Waals surface area (Å²) < 4.78 is 0. The maximum atomic E-state index is 11.1. The van der Waals surface area contributed by atoms with Crippen molar-refractivity contribution in [3.63, 3.8) is 0 Å². The van der Waals surface area contributed by atoms with E-state index in [0.717, 1.165) is 30.1 Å². The third kappa shape index (κ3) is 3.30. The van der Waals surface area contributed by atoms with Gasteiger partial charge in [0.1, 0.15) is 0 Å². The zero-order chi connectivity index (χ0) is 14.7. The number of anilines is 3. The summed E-state index contributed by atoms with van der Waals surface area (Å²) in [4.78, 5) is 29.1. The summed E-state index contributed by atoms with van der Waals surface area (Å²) in [5.74, 6) is 1.73. The van der Waals surface area contributed by atoms with Crippen molar-refractivity contribution in [2.45, 2.75) is 19.4 Å². The minimum atomic E-state index is -0.0592. The number of nitrogens with one attached hydrogen (secondary N) is 3. The first-order valence-corrected chi connectivity index (χ1v) is 7.72. The van der Waals surface area contributed by atoms with Crippen molar-refractivity contribution in [3.05, 3.63) is 20.7 Å². The number of nitrogens with zero attached hydrogens (tertiary/aromatic N) is 4. The Kier molecular flexibility index (Phi) is 4.00. The molecule has 0 saturated carbocycles. The predicted octanol–water partition coefficient (Wildman–Crippen LogP) is 0.875. The summed E-state index contributed by atoms with van der Waals surface area (Å²) >= 11 is 1.15. The molecule has 0 spiro atoms. The fraction of sp³-hybridized carbons (Fsp3) is 0.500. The van der Waals surface area contributed by atoms with E-state index in [0.29, 0.717) is 24.4 Å². The molecule has 1 aliphatic heterocycles. The lowest BCUT2D eigenvalue weighted by Crippen LogP contribution is -2.22. The van der Waals surface area contributed by atoms with Crippen molar-refractivity contribution in [3.8, 4) is 0 Å². The lowest BCUT2D eigenvalue weighted by molar-refractivity contribution is 0.876. The number of hydrogen-bond donors (Lipinski definition) is 3. The summed E-state index contributed by atoms with van der Waals surface area (Å²) in [6, 6.07) is 0. The molecule has 0 bridgehead atoms. The van der Waals surface area contributed by atoms with Crippen LogP contribution in [0.4, 0.5) is 17.8 Å². The largest absolute Gasteiger partial charge is 0.357 e. The Balaban J connectivity index is 1.76. The molecule has 3 heterocycles. The van der Waals surface area contributed by atoms with Gasteiger partial charge in [-0.05, 0) is 12.8 Å². The Morgan fingerprint density at radius 1 is 1.29 bits per heavy atom. The molecule has 0 amide bonds. The molecule has 112 valence electrons. The van der Waals surface area contributed by atoms with Crippen LogP contribution < -0.4 is 20.4 Å². The minimum Gasteiger partial charge on any atom is -0.357 e. The van der Waals surface area contributed by atoms with E-state index in [1.807, 2.05) is 0 Å². The third-order valence-corrected chi connectivity index (χ3v) is 3.96. The lowest BCUT2D eigenvalue weighted by Gasteiger charge is -2.16. The summed E-state index contributed by atoms with van der Waals surface area (Å²) in [6.45, 7) is 2.43. The van der Waals surface area contributed by atoms with E-state index in [1.54, 1.807) is 12.4 Å². The molecule has 9 heteroatoms. The van der Waals surface area contributed by atoms with Crippen LogP contribution in [-0.4, -0.2) is 40.1 Å². The first-order valence-electron chi connectivity index (χ1n) is 6.84. The van der Waals surface area contributed by atoms with Gasteiger partial charge in [0.15, 0.2) is 0 Å². The molecule has 0 unspecified atom stereocenters. The van der Waals surface area contributed by atoms with Crippen LogP contribution >= 0.6 is 11.3 Å². The van der Waals surface area contributed by atoms with Gasteiger partial charge in [-0.25, -0.2) is 0 Å². The molecular formula is C12H17N7OS. The molecule has 2 aromatic heterocycles. The second-order valence-electron chi connectivity index (χ2n) is 4.75. The van der Waals surface area contributed by atoms with E-state index in [1.165, 1.54) is 12.8 Å². The number of aromatic nitrogens is 4. The number of H-pyrrole nitrogens is 1. The first kappa shape index (κ1) is 13.8. The van der Waals surface area contributed by atoms with Crippen molar-refractivity contribution < 1.29 is 0 Å². The first-order chi connectivity index (χ1) is 10.2. The Bertz CT molecular complexity index is 662. The Hall–Kier alpha value is -2.16.